The number of fused-ring (bicyclic) bond motifs is 1. The number of ketones is 1. The maximum atomic E-state index is 13.2. The van der Waals surface area contributed by atoms with Gasteiger partial charge in [0.05, 0.1) is 17.3 Å². The number of rotatable bonds is 3. The van der Waals surface area contributed by atoms with Crippen LogP contribution in [0.2, 0.25) is 0 Å². The van der Waals surface area contributed by atoms with Crippen LogP contribution in [0.1, 0.15) is 28.6 Å². The molecule has 1 fully saturated rings. The van der Waals surface area contributed by atoms with E-state index in [-0.39, 0.29) is 17.0 Å². The van der Waals surface area contributed by atoms with Crippen molar-refractivity contribution in [2.75, 3.05) is 4.90 Å². The summed E-state index contributed by atoms with van der Waals surface area (Å²) in [6, 6.07) is 10.3. The van der Waals surface area contributed by atoms with Gasteiger partial charge in [0.25, 0.3) is 5.78 Å². The summed E-state index contributed by atoms with van der Waals surface area (Å²) in [6.45, 7) is 3.74. The number of aliphatic hydroxyl groups excluding tert-OH is 1. The lowest BCUT2D eigenvalue weighted by molar-refractivity contribution is -0.132. The van der Waals surface area contributed by atoms with Crippen LogP contribution in [0.25, 0.3) is 11.4 Å². The Hall–Kier alpha value is -3.30. The molecule has 4 aromatic rings. The van der Waals surface area contributed by atoms with E-state index in [1.165, 1.54) is 16.2 Å². The molecule has 1 N–H and O–H groups in total. The molecule has 3 aromatic heterocycles. The molecule has 7 nitrogen and oxygen atoms in total. The second-order valence-electron chi connectivity index (χ2n) is 7.47. The van der Waals surface area contributed by atoms with E-state index in [2.05, 4.69) is 25.9 Å². The highest BCUT2D eigenvalue weighted by Gasteiger charge is 2.48. The molecular weight excluding hydrogens is 492 g/mol. The van der Waals surface area contributed by atoms with E-state index in [4.69, 9.17) is 0 Å². The van der Waals surface area contributed by atoms with Crippen LogP contribution >= 0.6 is 27.3 Å². The van der Waals surface area contributed by atoms with E-state index in [0.29, 0.717) is 22.0 Å². The zero-order chi connectivity index (χ0) is 22.6. The van der Waals surface area contributed by atoms with Gasteiger partial charge in [0.1, 0.15) is 11.3 Å². The van der Waals surface area contributed by atoms with Gasteiger partial charge in [-0.05, 0) is 43.2 Å². The Labute approximate surface area is 195 Å². The Morgan fingerprint density at radius 1 is 1.19 bits per heavy atom. The van der Waals surface area contributed by atoms with Crippen molar-refractivity contribution in [1.29, 1.82) is 0 Å². The number of benzene rings is 1. The van der Waals surface area contributed by atoms with Crippen LogP contribution in [-0.2, 0) is 9.59 Å². The predicted molar refractivity (Wildman–Crippen MR) is 126 cm³/mol. The Balaban J connectivity index is 1.78. The van der Waals surface area contributed by atoms with Crippen LogP contribution in [-0.4, -0.2) is 31.2 Å². The number of anilines is 1. The minimum atomic E-state index is -0.830. The fraction of sp³-hybridized carbons (Fsp3) is 0.130. The summed E-state index contributed by atoms with van der Waals surface area (Å²) in [5.41, 5.74) is 3.23. The van der Waals surface area contributed by atoms with Gasteiger partial charge in [0.2, 0.25) is 0 Å². The molecule has 32 heavy (non-hydrogen) atoms. The number of pyridine rings is 1. The summed E-state index contributed by atoms with van der Waals surface area (Å²) < 4.78 is 2.65. The number of carbonyl (C=O) groups excluding carboxylic acids is 2. The first-order valence-corrected chi connectivity index (χ1v) is 11.5. The van der Waals surface area contributed by atoms with Gasteiger partial charge in [0, 0.05) is 22.2 Å². The molecule has 1 aliphatic rings. The number of thiazole rings is 1. The minimum absolute atomic E-state index is 0.00698. The molecule has 0 saturated carbocycles. The molecule has 1 aliphatic heterocycles. The topological polar surface area (TPSA) is 87.8 Å². The van der Waals surface area contributed by atoms with Crippen molar-refractivity contribution in [3.05, 3.63) is 86.7 Å². The number of amides is 1. The van der Waals surface area contributed by atoms with Crippen LogP contribution in [0.5, 0.6) is 0 Å². The Morgan fingerprint density at radius 2 is 2.00 bits per heavy atom. The van der Waals surface area contributed by atoms with Crippen LogP contribution < -0.4 is 4.90 Å². The zero-order valence-corrected chi connectivity index (χ0v) is 19.5. The number of aryl methyl sites for hydroxylation is 2. The summed E-state index contributed by atoms with van der Waals surface area (Å²) in [6.07, 6.45) is 3.42. The van der Waals surface area contributed by atoms with Crippen LogP contribution in [0.3, 0.4) is 0 Å². The average molecular weight is 509 g/mol. The number of Topliss-reactive ketones (excluding diaryl/α,β-unsaturated/α-hetero) is 1. The molecule has 1 amide bonds. The van der Waals surface area contributed by atoms with Gasteiger partial charge in [-0.3, -0.25) is 14.5 Å². The molecule has 1 unspecified atom stereocenters. The molecule has 9 heteroatoms. The maximum absolute atomic E-state index is 13.2. The van der Waals surface area contributed by atoms with Crippen LogP contribution in [0, 0.1) is 13.8 Å². The molecule has 4 heterocycles. The molecule has 0 bridgehead atoms. The van der Waals surface area contributed by atoms with Crippen LogP contribution in [0.15, 0.2) is 64.2 Å². The van der Waals surface area contributed by atoms with Gasteiger partial charge >= 0.3 is 5.91 Å². The van der Waals surface area contributed by atoms with Gasteiger partial charge < -0.3 is 9.51 Å². The zero-order valence-electron chi connectivity index (χ0n) is 17.1. The Bertz CT molecular complexity index is 1420. The fourth-order valence-electron chi connectivity index (χ4n) is 4.03. The monoisotopic (exact) mass is 508 g/mol. The van der Waals surface area contributed by atoms with E-state index in [0.717, 1.165) is 10.0 Å². The van der Waals surface area contributed by atoms with Crippen molar-refractivity contribution in [3.8, 4) is 0 Å². The first kappa shape index (κ1) is 20.6. The lowest BCUT2D eigenvalue weighted by Gasteiger charge is -2.23. The molecule has 0 radical (unpaired) electrons. The number of aromatic nitrogens is 3. The summed E-state index contributed by atoms with van der Waals surface area (Å²) in [4.78, 5) is 36.5. The SMILES string of the molecule is Cc1cccn2c(C)c(C(O)=C3C(=O)C(=O)N(c4nccs4)C3c3cccc(Br)c3)nc12. The van der Waals surface area contributed by atoms with E-state index in [9.17, 15) is 14.7 Å². The molecular formula is C23H17BrN4O3S. The summed E-state index contributed by atoms with van der Waals surface area (Å²) in [5, 5.41) is 13.5. The van der Waals surface area contributed by atoms with Gasteiger partial charge in [-0.2, -0.15) is 0 Å². The van der Waals surface area contributed by atoms with E-state index in [1.54, 1.807) is 11.6 Å². The van der Waals surface area contributed by atoms with Crippen molar-refractivity contribution in [1.82, 2.24) is 14.4 Å². The summed E-state index contributed by atoms with van der Waals surface area (Å²) in [5.74, 6) is -1.80. The van der Waals surface area contributed by atoms with Crippen molar-refractivity contribution in [3.63, 3.8) is 0 Å². The molecule has 1 saturated heterocycles. The highest BCUT2D eigenvalue weighted by atomic mass is 79.9. The normalized spacial score (nSPS) is 18.1. The van der Waals surface area contributed by atoms with Gasteiger partial charge in [-0.15, -0.1) is 11.3 Å². The van der Waals surface area contributed by atoms with Crippen molar-refractivity contribution in [2.24, 2.45) is 0 Å². The summed E-state index contributed by atoms with van der Waals surface area (Å²) >= 11 is 4.71. The molecule has 1 aromatic carbocycles. The maximum Gasteiger partial charge on any atom is 0.301 e. The van der Waals surface area contributed by atoms with Crippen molar-refractivity contribution >= 4 is 55.5 Å². The smallest absolute Gasteiger partial charge is 0.301 e. The van der Waals surface area contributed by atoms with Gasteiger partial charge in [-0.1, -0.05) is 34.1 Å². The highest BCUT2D eigenvalue weighted by Crippen LogP contribution is 2.43. The third-order valence-electron chi connectivity index (χ3n) is 5.54. The molecule has 5 rings (SSSR count). The minimum Gasteiger partial charge on any atom is -0.505 e. The summed E-state index contributed by atoms with van der Waals surface area (Å²) in [7, 11) is 0. The number of hydrogen-bond acceptors (Lipinski definition) is 6. The standard InChI is InChI=1S/C23H17BrN4O3S/c1-12-5-4-9-27-13(2)17(26-21(12)27)19(29)16-18(14-6-3-7-15(24)11-14)28(22(31)20(16)30)23-25-8-10-32-23/h3-11,18,29H,1-2H3. The fourth-order valence-corrected chi connectivity index (χ4v) is 5.11. The second-order valence-corrected chi connectivity index (χ2v) is 9.26. The Kier molecular flexibility index (Phi) is 4.94. The van der Waals surface area contributed by atoms with E-state index >= 15 is 0 Å². The highest BCUT2D eigenvalue weighted by molar-refractivity contribution is 9.10. The molecule has 1 atom stereocenters. The number of hydrogen-bond donors (Lipinski definition) is 1. The second kappa shape index (κ2) is 7.68. The lowest BCUT2D eigenvalue weighted by Crippen LogP contribution is -2.29. The third kappa shape index (κ3) is 3.08. The number of imidazole rings is 1. The molecule has 0 spiro atoms. The average Bonchev–Trinajstić information content (AvgIpc) is 3.47. The largest absolute Gasteiger partial charge is 0.505 e. The van der Waals surface area contributed by atoms with Crippen molar-refractivity contribution in [2.45, 2.75) is 19.9 Å². The van der Waals surface area contributed by atoms with Gasteiger partial charge in [-0.25, -0.2) is 9.97 Å². The van der Waals surface area contributed by atoms with Gasteiger partial charge in [0.15, 0.2) is 10.9 Å². The number of halogens is 1. The third-order valence-corrected chi connectivity index (χ3v) is 6.81. The molecule has 160 valence electrons. The van der Waals surface area contributed by atoms with E-state index in [1.807, 2.05) is 60.8 Å². The molecule has 0 aliphatic carbocycles. The quantitative estimate of drug-likeness (QED) is 0.244. The lowest BCUT2D eigenvalue weighted by atomic mass is 9.96. The van der Waals surface area contributed by atoms with Crippen molar-refractivity contribution < 1.29 is 14.7 Å². The number of nitrogens with zero attached hydrogens (tertiary/aromatic N) is 4. The first-order chi connectivity index (χ1) is 15.4. The predicted octanol–water partition coefficient (Wildman–Crippen LogP) is 4.80. The first-order valence-electron chi connectivity index (χ1n) is 9.79. The Morgan fingerprint density at radius 3 is 2.69 bits per heavy atom. The number of carbonyl (C=O) groups is 2. The van der Waals surface area contributed by atoms with Crippen LogP contribution in [0.4, 0.5) is 5.13 Å². The van der Waals surface area contributed by atoms with E-state index < -0.39 is 17.7 Å². The number of aliphatic hydroxyl groups is 1.